The molecule has 3 aromatic heterocycles. The van der Waals surface area contributed by atoms with Crippen molar-refractivity contribution >= 4 is 28.6 Å². The molecule has 1 aliphatic heterocycles. The Kier molecular flexibility index (Phi) is 6.48. The van der Waals surface area contributed by atoms with Crippen molar-refractivity contribution in [2.75, 3.05) is 42.9 Å². The van der Waals surface area contributed by atoms with Crippen molar-refractivity contribution in [1.29, 1.82) is 0 Å². The van der Waals surface area contributed by atoms with E-state index in [1.165, 1.54) is 6.07 Å². The lowest BCUT2D eigenvalue weighted by molar-refractivity contribution is 0.271. The number of fused-ring (bicyclic) bond motifs is 1. The van der Waals surface area contributed by atoms with Gasteiger partial charge in [0.15, 0.2) is 11.6 Å². The van der Waals surface area contributed by atoms with Crippen LogP contribution in [0.1, 0.15) is 32.6 Å². The third-order valence-corrected chi connectivity index (χ3v) is 6.51. The summed E-state index contributed by atoms with van der Waals surface area (Å²) in [6.07, 6.45) is 4.56. The number of aromatic nitrogens is 6. The lowest BCUT2D eigenvalue weighted by Crippen LogP contribution is -2.46. The van der Waals surface area contributed by atoms with Gasteiger partial charge >= 0.3 is 0 Å². The van der Waals surface area contributed by atoms with E-state index in [1.54, 1.807) is 18.5 Å². The molecule has 4 heterocycles. The normalized spacial score (nSPS) is 14.7. The second-order valence-electron chi connectivity index (χ2n) is 9.15. The molecule has 0 atom stereocenters. The Labute approximate surface area is 208 Å². The second kappa shape index (κ2) is 9.73. The molecule has 1 saturated heterocycles. The molecule has 0 aliphatic carbocycles. The molecular weight excluding hydrogens is 464 g/mol. The zero-order valence-electron chi connectivity index (χ0n) is 20.8. The molecule has 0 spiro atoms. The van der Waals surface area contributed by atoms with Crippen LogP contribution in [0.3, 0.4) is 0 Å². The highest BCUT2D eigenvalue weighted by atomic mass is 19.1. The molecule has 0 radical (unpaired) electrons. The van der Waals surface area contributed by atoms with Crippen molar-refractivity contribution in [1.82, 2.24) is 34.4 Å². The monoisotopic (exact) mass is 493 g/mol. The maximum absolute atomic E-state index is 14.9. The van der Waals surface area contributed by atoms with Crippen LogP contribution in [0.2, 0.25) is 0 Å². The number of anilines is 3. The SMILES string of the molecule is CCN1CCN(c2cnc(Nc3ncc(F)c(-c4cc(F)c5nc(C)n(C(C)C)c5c4)n3)nc2)CC1. The fourth-order valence-corrected chi connectivity index (χ4v) is 4.66. The highest BCUT2D eigenvalue weighted by Gasteiger charge is 2.19. The average Bonchev–Trinajstić information content (AvgIpc) is 3.22. The number of likely N-dealkylation sites (N-methyl/N-ethyl adjacent to an activating group) is 1. The van der Waals surface area contributed by atoms with E-state index in [-0.39, 0.29) is 23.2 Å². The number of piperazine rings is 1. The summed E-state index contributed by atoms with van der Waals surface area (Å²) in [5.41, 5.74) is 2.06. The molecule has 9 nitrogen and oxygen atoms in total. The zero-order valence-corrected chi connectivity index (χ0v) is 20.8. The maximum Gasteiger partial charge on any atom is 0.230 e. The van der Waals surface area contributed by atoms with E-state index in [2.05, 4.69) is 47.0 Å². The number of rotatable bonds is 6. The molecule has 1 aromatic carbocycles. The molecule has 0 amide bonds. The van der Waals surface area contributed by atoms with Crippen molar-refractivity contribution < 1.29 is 8.78 Å². The molecule has 36 heavy (non-hydrogen) atoms. The lowest BCUT2D eigenvalue weighted by atomic mass is 10.1. The molecule has 0 unspecified atom stereocenters. The highest BCUT2D eigenvalue weighted by molar-refractivity contribution is 5.83. The van der Waals surface area contributed by atoms with Gasteiger partial charge in [-0.25, -0.2) is 33.7 Å². The van der Waals surface area contributed by atoms with Crippen LogP contribution in [-0.4, -0.2) is 67.1 Å². The summed E-state index contributed by atoms with van der Waals surface area (Å²) in [4.78, 5) is 26.1. The number of benzene rings is 1. The van der Waals surface area contributed by atoms with Gasteiger partial charge in [-0.15, -0.1) is 0 Å². The Morgan fingerprint density at radius 2 is 1.61 bits per heavy atom. The van der Waals surface area contributed by atoms with Gasteiger partial charge in [0.25, 0.3) is 0 Å². The summed E-state index contributed by atoms with van der Waals surface area (Å²) in [6, 6.07) is 3.02. The molecule has 1 fully saturated rings. The molecule has 1 aliphatic rings. The van der Waals surface area contributed by atoms with E-state index < -0.39 is 11.6 Å². The topological polar surface area (TPSA) is 87.9 Å². The highest BCUT2D eigenvalue weighted by Crippen LogP contribution is 2.30. The van der Waals surface area contributed by atoms with Gasteiger partial charge in [-0.2, -0.15) is 0 Å². The maximum atomic E-state index is 14.9. The summed E-state index contributed by atoms with van der Waals surface area (Å²) in [7, 11) is 0. The lowest BCUT2D eigenvalue weighted by Gasteiger charge is -2.35. The van der Waals surface area contributed by atoms with Crippen molar-refractivity contribution in [2.45, 2.75) is 33.7 Å². The zero-order chi connectivity index (χ0) is 25.4. The fraction of sp³-hybridized carbons (Fsp3) is 0.400. The Bertz CT molecular complexity index is 1380. The van der Waals surface area contributed by atoms with E-state index in [1.807, 2.05) is 25.3 Å². The largest absolute Gasteiger partial charge is 0.366 e. The van der Waals surface area contributed by atoms with Crippen LogP contribution in [0.5, 0.6) is 0 Å². The molecule has 0 saturated carbocycles. The molecule has 5 rings (SSSR count). The quantitative estimate of drug-likeness (QED) is 0.425. The molecule has 4 aromatic rings. The van der Waals surface area contributed by atoms with Gasteiger partial charge in [-0.05, 0) is 39.4 Å². The van der Waals surface area contributed by atoms with Crippen molar-refractivity contribution in [3.05, 3.63) is 48.2 Å². The number of halogens is 2. The van der Waals surface area contributed by atoms with E-state index in [9.17, 15) is 8.78 Å². The Balaban J connectivity index is 1.40. The van der Waals surface area contributed by atoms with Crippen molar-refractivity contribution in [2.24, 2.45) is 0 Å². The number of aryl methyl sites for hydroxylation is 1. The van der Waals surface area contributed by atoms with Gasteiger partial charge in [0.1, 0.15) is 17.0 Å². The first kappa shape index (κ1) is 24.0. The number of nitrogens with zero attached hydrogens (tertiary/aromatic N) is 8. The summed E-state index contributed by atoms with van der Waals surface area (Å²) < 4.78 is 31.6. The standard InChI is InChI=1S/C25H29F2N9/c1-5-34-6-8-35(9-7-34)18-12-28-24(29-13-18)33-25-30-14-20(27)22(32-25)17-10-19(26)23-21(11-17)36(15(2)3)16(4)31-23/h10-15H,5-9H2,1-4H3,(H,28,29,30,32,33). The number of imidazole rings is 1. The average molecular weight is 494 g/mol. The van der Waals surface area contributed by atoms with Crippen molar-refractivity contribution in [3.8, 4) is 11.3 Å². The molecule has 1 N–H and O–H groups in total. The minimum atomic E-state index is -0.658. The Morgan fingerprint density at radius 3 is 2.28 bits per heavy atom. The molecule has 188 valence electrons. The van der Waals surface area contributed by atoms with Crippen LogP contribution in [0.4, 0.5) is 26.4 Å². The van der Waals surface area contributed by atoms with Gasteiger partial charge < -0.3 is 14.4 Å². The molecule has 11 heteroatoms. The van der Waals surface area contributed by atoms with Gasteiger partial charge in [0, 0.05) is 37.8 Å². The van der Waals surface area contributed by atoms with E-state index in [4.69, 9.17) is 0 Å². The number of nitrogens with one attached hydrogen (secondary N) is 1. The molecular formula is C25H29F2N9. The first-order chi connectivity index (χ1) is 17.3. The minimum Gasteiger partial charge on any atom is -0.366 e. The summed E-state index contributed by atoms with van der Waals surface area (Å²) in [5.74, 6) is -0.0943. The van der Waals surface area contributed by atoms with Crippen LogP contribution >= 0.6 is 0 Å². The second-order valence-corrected chi connectivity index (χ2v) is 9.15. The van der Waals surface area contributed by atoms with E-state index in [0.717, 1.165) is 44.6 Å². The first-order valence-corrected chi connectivity index (χ1v) is 12.1. The Hall–Kier alpha value is -3.73. The summed E-state index contributed by atoms with van der Waals surface area (Å²) in [6.45, 7) is 12.9. The third-order valence-electron chi connectivity index (χ3n) is 6.51. The minimum absolute atomic E-state index is 0.0205. The fourth-order valence-electron chi connectivity index (χ4n) is 4.66. The number of hydrogen-bond donors (Lipinski definition) is 1. The van der Waals surface area contributed by atoms with E-state index in [0.29, 0.717) is 22.9 Å². The third kappa shape index (κ3) is 4.58. The predicted molar refractivity (Wildman–Crippen MR) is 135 cm³/mol. The van der Waals surface area contributed by atoms with Crippen LogP contribution in [-0.2, 0) is 0 Å². The van der Waals surface area contributed by atoms with Gasteiger partial charge in [-0.1, -0.05) is 6.92 Å². The first-order valence-electron chi connectivity index (χ1n) is 12.1. The van der Waals surface area contributed by atoms with Crippen LogP contribution in [0.25, 0.3) is 22.3 Å². The van der Waals surface area contributed by atoms with Gasteiger partial charge in [-0.3, -0.25) is 5.32 Å². The smallest absolute Gasteiger partial charge is 0.230 e. The molecule has 0 bridgehead atoms. The van der Waals surface area contributed by atoms with Crippen LogP contribution in [0.15, 0.2) is 30.7 Å². The summed E-state index contributed by atoms with van der Waals surface area (Å²) in [5, 5.41) is 2.92. The van der Waals surface area contributed by atoms with Crippen LogP contribution in [0, 0.1) is 18.6 Å². The van der Waals surface area contributed by atoms with Gasteiger partial charge in [0.2, 0.25) is 11.9 Å². The van der Waals surface area contributed by atoms with Gasteiger partial charge in [0.05, 0.1) is 29.8 Å². The van der Waals surface area contributed by atoms with Crippen molar-refractivity contribution in [3.63, 3.8) is 0 Å². The van der Waals surface area contributed by atoms with E-state index >= 15 is 0 Å². The van der Waals surface area contributed by atoms with Crippen LogP contribution < -0.4 is 10.2 Å². The number of hydrogen-bond acceptors (Lipinski definition) is 8. The summed E-state index contributed by atoms with van der Waals surface area (Å²) >= 11 is 0. The Morgan fingerprint density at radius 1 is 0.917 bits per heavy atom. The predicted octanol–water partition coefficient (Wildman–Crippen LogP) is 4.34.